The van der Waals surface area contributed by atoms with Crippen molar-refractivity contribution in [2.24, 2.45) is 0 Å². The predicted octanol–water partition coefficient (Wildman–Crippen LogP) is 3.53. The number of amides is 1. The Balaban J connectivity index is 2.01. The number of carbonyl (C=O) groups is 1. The van der Waals surface area contributed by atoms with Crippen molar-refractivity contribution in [1.29, 1.82) is 0 Å². The fourth-order valence-electron chi connectivity index (χ4n) is 1.67. The molecule has 0 aliphatic rings. The number of rotatable bonds is 4. The van der Waals surface area contributed by atoms with Crippen molar-refractivity contribution in [3.8, 4) is 0 Å². The molecule has 1 heterocycles. The summed E-state index contributed by atoms with van der Waals surface area (Å²) < 4.78 is 12.8. The Hall–Kier alpha value is -1.75. The number of hydrogen-bond acceptors (Lipinski definition) is 2. The Kier molecular flexibility index (Phi) is 4.84. The van der Waals surface area contributed by atoms with Crippen LogP contribution >= 0.6 is 15.9 Å². The highest BCUT2D eigenvalue weighted by Gasteiger charge is 2.09. The Morgan fingerprint density at radius 3 is 2.45 bits per heavy atom. The molecule has 2 rings (SSSR count). The van der Waals surface area contributed by atoms with Crippen molar-refractivity contribution in [2.45, 2.75) is 18.2 Å². The minimum atomic E-state index is -0.261. The zero-order valence-electron chi connectivity index (χ0n) is 10.9. The maximum Gasteiger partial charge on any atom is 0.239 e. The van der Waals surface area contributed by atoms with Gasteiger partial charge in [-0.25, -0.2) is 9.37 Å². The van der Waals surface area contributed by atoms with Gasteiger partial charge in [-0.05, 0) is 42.7 Å². The molecule has 104 valence electrons. The molecule has 5 heteroatoms. The van der Waals surface area contributed by atoms with E-state index in [0.29, 0.717) is 12.2 Å². The molecule has 1 aromatic carbocycles. The molecule has 2 aromatic rings. The molecule has 1 atom stereocenters. The van der Waals surface area contributed by atoms with E-state index in [4.69, 9.17) is 0 Å². The van der Waals surface area contributed by atoms with Crippen LogP contribution in [0.1, 0.15) is 18.1 Å². The predicted molar refractivity (Wildman–Crippen MR) is 80.5 cm³/mol. The molecular weight excluding hydrogens is 323 g/mol. The Labute approximate surface area is 125 Å². The van der Waals surface area contributed by atoms with Crippen LogP contribution in [0.5, 0.6) is 0 Å². The number of alkyl halides is 1. The summed E-state index contributed by atoms with van der Waals surface area (Å²) in [7, 11) is 0. The standard InChI is InChI=1S/C15H14BrFN2O/c1-10(16)15(20)19-14-7-4-12(9-18-14)8-11-2-5-13(17)6-3-11/h2-7,9-10H,8H2,1H3,(H,18,19,20). The van der Waals surface area contributed by atoms with Gasteiger partial charge in [0.25, 0.3) is 0 Å². The van der Waals surface area contributed by atoms with Crippen LogP contribution in [0, 0.1) is 5.82 Å². The lowest BCUT2D eigenvalue weighted by Crippen LogP contribution is -2.20. The van der Waals surface area contributed by atoms with Gasteiger partial charge in [0.2, 0.25) is 5.91 Å². The van der Waals surface area contributed by atoms with Gasteiger partial charge in [0.1, 0.15) is 11.6 Å². The first kappa shape index (κ1) is 14.7. The highest BCUT2D eigenvalue weighted by atomic mass is 79.9. The molecule has 0 fully saturated rings. The van der Waals surface area contributed by atoms with E-state index in [1.54, 1.807) is 31.3 Å². The van der Waals surface area contributed by atoms with E-state index >= 15 is 0 Å². The van der Waals surface area contributed by atoms with Gasteiger partial charge in [0.15, 0.2) is 0 Å². The highest BCUT2D eigenvalue weighted by Crippen LogP contribution is 2.12. The minimum absolute atomic E-state index is 0.135. The zero-order chi connectivity index (χ0) is 14.5. The number of nitrogens with zero attached hydrogens (tertiary/aromatic N) is 1. The molecule has 0 aliphatic carbocycles. The summed E-state index contributed by atoms with van der Waals surface area (Å²) in [6.07, 6.45) is 2.38. The number of anilines is 1. The number of halogens is 2. The van der Waals surface area contributed by atoms with Gasteiger partial charge in [0, 0.05) is 6.20 Å². The Morgan fingerprint density at radius 1 is 1.25 bits per heavy atom. The van der Waals surface area contributed by atoms with Crippen molar-refractivity contribution < 1.29 is 9.18 Å². The molecule has 0 radical (unpaired) electrons. The first-order chi connectivity index (χ1) is 9.54. The van der Waals surface area contributed by atoms with Crippen molar-refractivity contribution in [3.05, 3.63) is 59.5 Å². The van der Waals surface area contributed by atoms with Crippen molar-refractivity contribution in [2.75, 3.05) is 5.32 Å². The second-order valence-electron chi connectivity index (χ2n) is 4.46. The lowest BCUT2D eigenvalue weighted by atomic mass is 10.1. The van der Waals surface area contributed by atoms with Crippen LogP contribution in [0.15, 0.2) is 42.6 Å². The molecule has 1 N–H and O–H groups in total. The lowest BCUT2D eigenvalue weighted by Gasteiger charge is -2.07. The van der Waals surface area contributed by atoms with E-state index in [0.717, 1.165) is 11.1 Å². The molecular formula is C15H14BrFN2O. The van der Waals surface area contributed by atoms with E-state index in [1.165, 1.54) is 12.1 Å². The lowest BCUT2D eigenvalue weighted by molar-refractivity contribution is -0.115. The number of hydrogen-bond donors (Lipinski definition) is 1. The fourth-order valence-corrected chi connectivity index (χ4v) is 1.78. The zero-order valence-corrected chi connectivity index (χ0v) is 12.5. The summed E-state index contributed by atoms with van der Waals surface area (Å²) in [5.74, 6) is 0.141. The maximum absolute atomic E-state index is 12.8. The van der Waals surface area contributed by atoms with Crippen LogP contribution < -0.4 is 5.32 Å². The summed E-state index contributed by atoms with van der Waals surface area (Å²) in [5.41, 5.74) is 2.01. The quantitative estimate of drug-likeness (QED) is 0.868. The monoisotopic (exact) mass is 336 g/mol. The van der Waals surface area contributed by atoms with Crippen molar-refractivity contribution in [3.63, 3.8) is 0 Å². The maximum atomic E-state index is 12.8. The van der Waals surface area contributed by atoms with Crippen LogP contribution in [0.3, 0.4) is 0 Å². The SMILES string of the molecule is CC(Br)C(=O)Nc1ccc(Cc2ccc(F)cc2)cn1. The van der Waals surface area contributed by atoms with E-state index in [-0.39, 0.29) is 16.6 Å². The summed E-state index contributed by atoms with van der Waals surface area (Å²) in [6.45, 7) is 1.75. The van der Waals surface area contributed by atoms with Gasteiger partial charge in [-0.1, -0.05) is 34.1 Å². The molecule has 1 aromatic heterocycles. The van der Waals surface area contributed by atoms with Gasteiger partial charge in [-0.2, -0.15) is 0 Å². The van der Waals surface area contributed by atoms with E-state index in [9.17, 15) is 9.18 Å². The number of pyridine rings is 1. The topological polar surface area (TPSA) is 42.0 Å². The Bertz CT molecular complexity index is 582. The third-order valence-electron chi connectivity index (χ3n) is 2.76. The molecule has 0 spiro atoms. The van der Waals surface area contributed by atoms with Gasteiger partial charge in [-0.15, -0.1) is 0 Å². The van der Waals surface area contributed by atoms with Gasteiger partial charge >= 0.3 is 0 Å². The number of carbonyl (C=O) groups excluding carboxylic acids is 1. The summed E-state index contributed by atoms with van der Waals surface area (Å²) in [6, 6.07) is 10.0. The van der Waals surface area contributed by atoms with Crippen molar-refractivity contribution >= 4 is 27.7 Å². The normalized spacial score (nSPS) is 11.9. The third kappa shape index (κ3) is 4.13. The van der Waals surface area contributed by atoms with E-state index < -0.39 is 0 Å². The second kappa shape index (κ2) is 6.61. The van der Waals surface area contributed by atoms with Gasteiger partial charge in [0.05, 0.1) is 4.83 Å². The van der Waals surface area contributed by atoms with Gasteiger partial charge in [-0.3, -0.25) is 4.79 Å². The fraction of sp³-hybridized carbons (Fsp3) is 0.200. The first-order valence-corrected chi connectivity index (χ1v) is 7.10. The molecule has 0 aliphatic heterocycles. The molecule has 20 heavy (non-hydrogen) atoms. The second-order valence-corrected chi connectivity index (χ2v) is 5.83. The van der Waals surface area contributed by atoms with E-state index in [1.807, 2.05) is 6.07 Å². The van der Waals surface area contributed by atoms with Crippen LogP contribution in [0.2, 0.25) is 0 Å². The molecule has 0 bridgehead atoms. The Morgan fingerprint density at radius 2 is 1.90 bits per heavy atom. The number of nitrogens with one attached hydrogen (secondary N) is 1. The number of aromatic nitrogens is 1. The van der Waals surface area contributed by atoms with Crippen LogP contribution in [-0.4, -0.2) is 15.7 Å². The average Bonchev–Trinajstić information content (AvgIpc) is 2.43. The third-order valence-corrected chi connectivity index (χ3v) is 3.17. The van der Waals surface area contributed by atoms with Gasteiger partial charge < -0.3 is 5.32 Å². The van der Waals surface area contributed by atoms with Crippen LogP contribution in [0.4, 0.5) is 10.2 Å². The number of benzene rings is 1. The minimum Gasteiger partial charge on any atom is -0.310 e. The summed E-state index contributed by atoms with van der Waals surface area (Å²) in [4.78, 5) is 15.4. The van der Waals surface area contributed by atoms with Crippen LogP contribution in [-0.2, 0) is 11.2 Å². The molecule has 0 saturated carbocycles. The van der Waals surface area contributed by atoms with Crippen LogP contribution in [0.25, 0.3) is 0 Å². The first-order valence-electron chi connectivity index (χ1n) is 6.19. The largest absolute Gasteiger partial charge is 0.310 e. The summed E-state index contributed by atoms with van der Waals surface area (Å²) in [5, 5.41) is 2.69. The average molecular weight is 337 g/mol. The molecule has 1 unspecified atom stereocenters. The smallest absolute Gasteiger partial charge is 0.239 e. The van der Waals surface area contributed by atoms with E-state index in [2.05, 4.69) is 26.2 Å². The molecule has 1 amide bonds. The summed E-state index contributed by atoms with van der Waals surface area (Å²) >= 11 is 3.19. The highest BCUT2D eigenvalue weighted by molar-refractivity contribution is 9.10. The molecule has 3 nitrogen and oxygen atoms in total. The molecule has 0 saturated heterocycles. The van der Waals surface area contributed by atoms with Crippen molar-refractivity contribution in [1.82, 2.24) is 4.98 Å².